The van der Waals surface area contributed by atoms with Crippen LogP contribution in [-0.2, 0) is 16.1 Å². The first kappa shape index (κ1) is 13.5. The average Bonchev–Trinajstić information content (AvgIpc) is 2.46. The van der Waals surface area contributed by atoms with Gasteiger partial charge in [0.15, 0.2) is 0 Å². The van der Waals surface area contributed by atoms with E-state index in [9.17, 15) is 14.0 Å². The van der Waals surface area contributed by atoms with Crippen molar-refractivity contribution in [1.29, 1.82) is 0 Å². The van der Waals surface area contributed by atoms with Crippen molar-refractivity contribution in [3.05, 3.63) is 35.6 Å². The topological polar surface area (TPSA) is 61.4 Å². The number of piperazine rings is 1. The van der Waals surface area contributed by atoms with Crippen LogP contribution in [0, 0.1) is 5.82 Å². The highest BCUT2D eigenvalue weighted by Gasteiger charge is 2.22. The summed E-state index contributed by atoms with van der Waals surface area (Å²) >= 11 is 0. The fourth-order valence-electron chi connectivity index (χ4n) is 1.90. The molecule has 2 amide bonds. The van der Waals surface area contributed by atoms with Crippen molar-refractivity contribution in [1.82, 2.24) is 15.5 Å². The summed E-state index contributed by atoms with van der Waals surface area (Å²) in [7, 11) is 0. The third kappa shape index (κ3) is 3.51. The molecule has 19 heavy (non-hydrogen) atoms. The first-order valence-corrected chi connectivity index (χ1v) is 6.19. The maximum Gasteiger partial charge on any atom is 0.311 e. The molecule has 5 nitrogen and oxygen atoms in total. The third-order valence-corrected chi connectivity index (χ3v) is 3.00. The maximum atomic E-state index is 13.3. The lowest BCUT2D eigenvalue weighted by atomic mass is 10.2. The molecule has 2 N–H and O–H groups in total. The summed E-state index contributed by atoms with van der Waals surface area (Å²) in [6.45, 7) is 2.43. The molecule has 1 aliphatic heterocycles. The van der Waals surface area contributed by atoms with Crippen molar-refractivity contribution in [2.75, 3.05) is 26.2 Å². The molecule has 0 radical (unpaired) electrons. The van der Waals surface area contributed by atoms with Crippen LogP contribution in [0.2, 0.25) is 0 Å². The Morgan fingerprint density at radius 1 is 1.26 bits per heavy atom. The van der Waals surface area contributed by atoms with E-state index < -0.39 is 17.6 Å². The van der Waals surface area contributed by atoms with Crippen LogP contribution < -0.4 is 10.6 Å². The van der Waals surface area contributed by atoms with Crippen LogP contribution >= 0.6 is 0 Å². The van der Waals surface area contributed by atoms with Gasteiger partial charge in [0.1, 0.15) is 5.82 Å². The molecule has 102 valence electrons. The number of hydrogen-bond donors (Lipinski definition) is 2. The van der Waals surface area contributed by atoms with E-state index in [4.69, 9.17) is 0 Å². The van der Waals surface area contributed by atoms with E-state index in [0.717, 1.165) is 0 Å². The molecule has 0 unspecified atom stereocenters. The Labute approximate surface area is 110 Å². The number of rotatable bonds is 2. The number of nitrogens with one attached hydrogen (secondary N) is 2. The van der Waals surface area contributed by atoms with Gasteiger partial charge in [-0.3, -0.25) is 9.59 Å². The zero-order chi connectivity index (χ0) is 13.7. The Kier molecular flexibility index (Phi) is 4.46. The molecule has 1 aromatic rings. The lowest BCUT2D eigenvalue weighted by molar-refractivity contribution is -0.146. The second kappa shape index (κ2) is 6.29. The van der Waals surface area contributed by atoms with Crippen LogP contribution in [-0.4, -0.2) is 42.9 Å². The minimum absolute atomic E-state index is 0.0172. The molecule has 0 bridgehead atoms. The number of halogens is 1. The Balaban J connectivity index is 1.87. The summed E-state index contributed by atoms with van der Waals surface area (Å²) in [5.41, 5.74) is 0.365. The van der Waals surface area contributed by atoms with Gasteiger partial charge in [0, 0.05) is 38.3 Å². The zero-order valence-corrected chi connectivity index (χ0v) is 10.5. The van der Waals surface area contributed by atoms with Gasteiger partial charge in [-0.2, -0.15) is 0 Å². The van der Waals surface area contributed by atoms with E-state index in [0.29, 0.717) is 31.7 Å². The summed E-state index contributed by atoms with van der Waals surface area (Å²) in [6, 6.07) is 6.15. The van der Waals surface area contributed by atoms with Crippen molar-refractivity contribution in [3.8, 4) is 0 Å². The van der Waals surface area contributed by atoms with E-state index in [2.05, 4.69) is 10.6 Å². The lowest BCUT2D eigenvalue weighted by Gasteiger charge is -2.26. The number of carbonyl (C=O) groups excluding carboxylic acids is 2. The van der Waals surface area contributed by atoms with Crippen molar-refractivity contribution >= 4 is 11.8 Å². The van der Waals surface area contributed by atoms with E-state index in [1.165, 1.54) is 11.0 Å². The summed E-state index contributed by atoms with van der Waals surface area (Å²) in [4.78, 5) is 25.0. The highest BCUT2D eigenvalue weighted by atomic mass is 19.1. The number of nitrogens with zero attached hydrogens (tertiary/aromatic N) is 1. The van der Waals surface area contributed by atoms with Crippen molar-refractivity contribution in [2.24, 2.45) is 0 Å². The largest absolute Gasteiger partial charge is 0.344 e. The van der Waals surface area contributed by atoms with Crippen LogP contribution in [0.3, 0.4) is 0 Å². The molecule has 2 rings (SSSR count). The first-order valence-electron chi connectivity index (χ1n) is 6.19. The minimum Gasteiger partial charge on any atom is -0.344 e. The van der Waals surface area contributed by atoms with Crippen molar-refractivity contribution in [2.45, 2.75) is 6.54 Å². The van der Waals surface area contributed by atoms with E-state index >= 15 is 0 Å². The fourth-order valence-corrected chi connectivity index (χ4v) is 1.90. The van der Waals surface area contributed by atoms with Crippen molar-refractivity contribution in [3.63, 3.8) is 0 Å². The molecule has 1 aromatic carbocycles. The van der Waals surface area contributed by atoms with Crippen LogP contribution in [0.15, 0.2) is 24.3 Å². The molecular weight excluding hydrogens is 249 g/mol. The Hall–Kier alpha value is -1.95. The van der Waals surface area contributed by atoms with Gasteiger partial charge in [-0.25, -0.2) is 4.39 Å². The summed E-state index contributed by atoms with van der Waals surface area (Å²) < 4.78 is 13.3. The number of amides is 2. The van der Waals surface area contributed by atoms with E-state index in [1.54, 1.807) is 18.2 Å². The molecule has 1 saturated heterocycles. The van der Waals surface area contributed by atoms with Crippen molar-refractivity contribution < 1.29 is 14.0 Å². The normalized spacial score (nSPS) is 15.1. The summed E-state index contributed by atoms with van der Waals surface area (Å²) in [6.07, 6.45) is 0. The molecular formula is C13H16FN3O2. The predicted octanol–water partition coefficient (Wildman–Crippen LogP) is -0.126. The van der Waals surface area contributed by atoms with Crippen LogP contribution in [0.1, 0.15) is 5.56 Å². The van der Waals surface area contributed by atoms with Gasteiger partial charge in [0.05, 0.1) is 0 Å². The molecule has 1 fully saturated rings. The van der Waals surface area contributed by atoms with Gasteiger partial charge in [0.2, 0.25) is 0 Å². The summed E-state index contributed by atoms with van der Waals surface area (Å²) in [5, 5.41) is 5.54. The zero-order valence-electron chi connectivity index (χ0n) is 10.5. The predicted molar refractivity (Wildman–Crippen MR) is 67.7 cm³/mol. The molecule has 1 heterocycles. The van der Waals surface area contributed by atoms with Gasteiger partial charge < -0.3 is 15.5 Å². The van der Waals surface area contributed by atoms with Gasteiger partial charge in [0.25, 0.3) is 0 Å². The number of hydrogen-bond acceptors (Lipinski definition) is 3. The number of carbonyl (C=O) groups is 2. The molecule has 0 saturated carbocycles. The monoisotopic (exact) mass is 265 g/mol. The molecule has 0 aliphatic carbocycles. The summed E-state index contributed by atoms with van der Waals surface area (Å²) in [5.74, 6) is -1.64. The minimum atomic E-state index is -0.690. The third-order valence-electron chi connectivity index (χ3n) is 3.00. The van der Waals surface area contributed by atoms with Crippen LogP contribution in [0.5, 0.6) is 0 Å². The van der Waals surface area contributed by atoms with E-state index in [-0.39, 0.29) is 6.54 Å². The standard InChI is InChI=1S/C13H16FN3O2/c14-11-4-2-1-3-10(11)9-16-12(18)13(19)17-7-5-15-6-8-17/h1-4,15H,5-9H2,(H,16,18). The highest BCUT2D eigenvalue weighted by molar-refractivity contribution is 6.34. The highest BCUT2D eigenvalue weighted by Crippen LogP contribution is 2.05. The van der Waals surface area contributed by atoms with Gasteiger partial charge in [-0.15, -0.1) is 0 Å². The Bertz CT molecular complexity index is 473. The van der Waals surface area contributed by atoms with Crippen LogP contribution in [0.25, 0.3) is 0 Å². The van der Waals surface area contributed by atoms with E-state index in [1.807, 2.05) is 0 Å². The van der Waals surface area contributed by atoms with Crippen LogP contribution in [0.4, 0.5) is 4.39 Å². The SMILES string of the molecule is O=C(NCc1ccccc1F)C(=O)N1CCNCC1. The molecule has 0 atom stereocenters. The smallest absolute Gasteiger partial charge is 0.311 e. The Morgan fingerprint density at radius 2 is 1.95 bits per heavy atom. The molecule has 0 spiro atoms. The Morgan fingerprint density at radius 3 is 2.63 bits per heavy atom. The average molecular weight is 265 g/mol. The molecule has 0 aromatic heterocycles. The maximum absolute atomic E-state index is 13.3. The van der Waals surface area contributed by atoms with Gasteiger partial charge in [-0.1, -0.05) is 18.2 Å². The second-order valence-corrected chi connectivity index (χ2v) is 4.32. The van der Waals surface area contributed by atoms with Gasteiger partial charge in [-0.05, 0) is 6.07 Å². The molecule has 1 aliphatic rings. The first-order chi connectivity index (χ1) is 9.18. The van der Waals surface area contributed by atoms with Gasteiger partial charge >= 0.3 is 11.8 Å². The lowest BCUT2D eigenvalue weighted by Crippen LogP contribution is -2.51. The number of benzene rings is 1. The molecule has 6 heteroatoms. The quantitative estimate of drug-likeness (QED) is 0.733. The second-order valence-electron chi connectivity index (χ2n) is 4.32. The fraction of sp³-hybridized carbons (Fsp3) is 0.385.